The lowest BCUT2D eigenvalue weighted by molar-refractivity contribution is 0.407. The van der Waals surface area contributed by atoms with Crippen LogP contribution >= 0.6 is 0 Å². The van der Waals surface area contributed by atoms with Gasteiger partial charge in [0.2, 0.25) is 5.95 Å². The first-order chi connectivity index (χ1) is 9.47. The molecule has 1 aromatic heterocycles. The summed E-state index contributed by atoms with van der Waals surface area (Å²) in [7, 11) is 1.27. The Kier molecular flexibility index (Phi) is 3.35. The number of benzene rings is 1. The second-order valence-corrected chi connectivity index (χ2v) is 3.77. The Balaban J connectivity index is 2.79. The van der Waals surface area contributed by atoms with E-state index < -0.39 is 17.2 Å². The number of nitrogens with two attached hydrogens (primary N) is 2. The molecule has 6 nitrogen and oxygen atoms in total. The first kappa shape index (κ1) is 13.5. The smallest absolute Gasteiger partial charge is 0.222 e. The van der Waals surface area contributed by atoms with Gasteiger partial charge in [-0.3, -0.25) is 0 Å². The van der Waals surface area contributed by atoms with Crippen molar-refractivity contribution < 1.29 is 13.5 Å². The summed E-state index contributed by atoms with van der Waals surface area (Å²) in [6.07, 6.45) is 0. The van der Waals surface area contributed by atoms with E-state index in [9.17, 15) is 8.78 Å². The van der Waals surface area contributed by atoms with E-state index in [1.165, 1.54) is 7.11 Å². The number of anilines is 2. The minimum atomic E-state index is -0.948. The molecule has 0 spiro atoms. The maximum absolute atomic E-state index is 14.0. The lowest BCUT2D eigenvalue weighted by Crippen LogP contribution is -2.06. The summed E-state index contributed by atoms with van der Waals surface area (Å²) in [6.45, 7) is 0. The van der Waals surface area contributed by atoms with E-state index in [0.717, 1.165) is 12.1 Å². The van der Waals surface area contributed by atoms with Gasteiger partial charge in [-0.1, -0.05) is 0 Å². The van der Waals surface area contributed by atoms with Gasteiger partial charge in [-0.05, 0) is 0 Å². The van der Waals surface area contributed by atoms with Crippen LogP contribution in [-0.4, -0.2) is 17.1 Å². The SMILES string of the molecule is COc1cc(F)c(-c2nc(N)nc(N)c2C#N)c(F)c1. The molecule has 1 heterocycles. The number of halogens is 2. The van der Waals surface area contributed by atoms with Crippen LogP contribution < -0.4 is 16.2 Å². The Morgan fingerprint density at radius 1 is 1.20 bits per heavy atom. The van der Waals surface area contributed by atoms with Gasteiger partial charge in [0.1, 0.15) is 40.5 Å². The lowest BCUT2D eigenvalue weighted by atomic mass is 10.1. The van der Waals surface area contributed by atoms with Crippen LogP contribution in [0.15, 0.2) is 12.1 Å². The molecule has 4 N–H and O–H groups in total. The molecule has 2 rings (SSSR count). The van der Waals surface area contributed by atoms with E-state index in [1.54, 1.807) is 6.07 Å². The van der Waals surface area contributed by atoms with E-state index in [4.69, 9.17) is 21.5 Å². The molecule has 0 saturated carbocycles. The Morgan fingerprint density at radius 2 is 1.80 bits per heavy atom. The molecule has 0 aliphatic carbocycles. The number of nitriles is 1. The van der Waals surface area contributed by atoms with E-state index in [2.05, 4.69) is 9.97 Å². The molecule has 0 unspecified atom stereocenters. The van der Waals surface area contributed by atoms with Gasteiger partial charge in [-0.15, -0.1) is 0 Å². The summed E-state index contributed by atoms with van der Waals surface area (Å²) < 4.78 is 32.7. The van der Waals surface area contributed by atoms with Gasteiger partial charge in [0.25, 0.3) is 0 Å². The van der Waals surface area contributed by atoms with Crippen LogP contribution in [0.4, 0.5) is 20.5 Å². The molecule has 0 atom stereocenters. The number of hydrogen-bond donors (Lipinski definition) is 2. The average molecular weight is 277 g/mol. The standard InChI is InChI=1S/C12H9F2N5O/c1-20-5-2-7(13)9(8(14)3-5)10-6(4-15)11(16)19-12(17)18-10/h2-3H,1H3,(H4,16,17,18,19). The first-order valence-corrected chi connectivity index (χ1v) is 5.34. The zero-order valence-corrected chi connectivity index (χ0v) is 10.3. The number of rotatable bonds is 2. The van der Waals surface area contributed by atoms with Crippen LogP contribution in [-0.2, 0) is 0 Å². The van der Waals surface area contributed by atoms with E-state index >= 15 is 0 Å². The molecule has 20 heavy (non-hydrogen) atoms. The number of nitrogens with zero attached hydrogens (tertiary/aromatic N) is 3. The molecule has 0 radical (unpaired) electrons. The van der Waals surface area contributed by atoms with Crippen LogP contribution in [0.3, 0.4) is 0 Å². The van der Waals surface area contributed by atoms with Crippen molar-refractivity contribution in [3.8, 4) is 23.1 Å². The van der Waals surface area contributed by atoms with Crippen molar-refractivity contribution in [2.45, 2.75) is 0 Å². The van der Waals surface area contributed by atoms with Crippen molar-refractivity contribution in [3.63, 3.8) is 0 Å². The normalized spacial score (nSPS) is 10.1. The van der Waals surface area contributed by atoms with Crippen LogP contribution in [0, 0.1) is 23.0 Å². The number of methoxy groups -OCH3 is 1. The lowest BCUT2D eigenvalue weighted by Gasteiger charge is -2.10. The quantitative estimate of drug-likeness (QED) is 0.859. The summed E-state index contributed by atoms with van der Waals surface area (Å²) in [5.41, 5.74) is 9.84. The van der Waals surface area contributed by atoms with Crippen molar-refractivity contribution in [2.24, 2.45) is 0 Å². The van der Waals surface area contributed by atoms with Crippen LogP contribution in [0.25, 0.3) is 11.3 Å². The highest BCUT2D eigenvalue weighted by Gasteiger charge is 2.21. The Bertz CT molecular complexity index is 704. The fourth-order valence-corrected chi connectivity index (χ4v) is 1.68. The third-order valence-electron chi connectivity index (χ3n) is 2.55. The number of nitrogen functional groups attached to an aromatic ring is 2. The van der Waals surface area contributed by atoms with Crippen molar-refractivity contribution in [1.82, 2.24) is 9.97 Å². The van der Waals surface area contributed by atoms with Gasteiger partial charge in [-0.25, -0.2) is 13.8 Å². The molecule has 8 heteroatoms. The minimum Gasteiger partial charge on any atom is -0.497 e. The van der Waals surface area contributed by atoms with E-state index in [-0.39, 0.29) is 28.8 Å². The minimum absolute atomic E-state index is 0.00254. The van der Waals surface area contributed by atoms with Crippen LogP contribution in [0.2, 0.25) is 0 Å². The predicted molar refractivity (Wildman–Crippen MR) is 67.5 cm³/mol. The fourth-order valence-electron chi connectivity index (χ4n) is 1.68. The summed E-state index contributed by atoms with van der Waals surface area (Å²) in [5.74, 6) is -2.43. The third kappa shape index (κ3) is 2.16. The van der Waals surface area contributed by atoms with E-state index in [1.807, 2.05) is 0 Å². The molecular formula is C12H9F2N5O. The molecule has 0 aliphatic rings. The van der Waals surface area contributed by atoms with Gasteiger partial charge in [0.15, 0.2) is 0 Å². The molecule has 1 aromatic carbocycles. The molecule has 0 amide bonds. The van der Waals surface area contributed by atoms with Crippen molar-refractivity contribution in [2.75, 3.05) is 18.6 Å². The maximum atomic E-state index is 14.0. The fraction of sp³-hybridized carbons (Fsp3) is 0.0833. The number of aromatic nitrogens is 2. The molecule has 0 saturated heterocycles. The van der Waals surface area contributed by atoms with Gasteiger partial charge < -0.3 is 16.2 Å². The molecule has 2 aromatic rings. The highest BCUT2D eigenvalue weighted by Crippen LogP contribution is 2.32. The maximum Gasteiger partial charge on any atom is 0.222 e. The summed E-state index contributed by atoms with van der Waals surface area (Å²) in [5, 5.41) is 9.01. The van der Waals surface area contributed by atoms with Crippen LogP contribution in [0.5, 0.6) is 5.75 Å². The summed E-state index contributed by atoms with van der Waals surface area (Å²) in [6, 6.07) is 3.64. The Labute approximate surface area is 112 Å². The Hall–Kier alpha value is -2.95. The molecule has 0 aliphatic heterocycles. The van der Waals surface area contributed by atoms with Gasteiger partial charge in [-0.2, -0.15) is 10.2 Å². The number of ether oxygens (including phenoxy) is 1. The third-order valence-corrected chi connectivity index (χ3v) is 2.55. The van der Waals surface area contributed by atoms with Crippen LogP contribution in [0.1, 0.15) is 5.56 Å². The van der Waals surface area contributed by atoms with Gasteiger partial charge >= 0.3 is 0 Å². The monoisotopic (exact) mass is 277 g/mol. The second-order valence-electron chi connectivity index (χ2n) is 3.77. The van der Waals surface area contributed by atoms with Gasteiger partial charge in [0, 0.05) is 12.1 Å². The zero-order valence-electron chi connectivity index (χ0n) is 10.3. The average Bonchev–Trinajstić information content (AvgIpc) is 2.37. The first-order valence-electron chi connectivity index (χ1n) is 5.34. The summed E-state index contributed by atoms with van der Waals surface area (Å²) in [4.78, 5) is 7.27. The van der Waals surface area contributed by atoms with E-state index in [0.29, 0.717) is 0 Å². The predicted octanol–water partition coefficient (Wildman–Crippen LogP) is 1.47. The van der Waals surface area contributed by atoms with Crippen molar-refractivity contribution in [1.29, 1.82) is 5.26 Å². The molecule has 102 valence electrons. The topological polar surface area (TPSA) is 111 Å². The van der Waals surface area contributed by atoms with Gasteiger partial charge in [0.05, 0.1) is 12.7 Å². The van der Waals surface area contributed by atoms with Crippen molar-refractivity contribution in [3.05, 3.63) is 29.3 Å². The largest absolute Gasteiger partial charge is 0.497 e. The second kappa shape index (κ2) is 4.97. The summed E-state index contributed by atoms with van der Waals surface area (Å²) >= 11 is 0. The highest BCUT2D eigenvalue weighted by molar-refractivity contribution is 5.74. The Morgan fingerprint density at radius 3 is 2.30 bits per heavy atom. The van der Waals surface area contributed by atoms with Crippen molar-refractivity contribution >= 4 is 11.8 Å². The molecular weight excluding hydrogens is 268 g/mol. The molecule has 0 bridgehead atoms. The highest BCUT2D eigenvalue weighted by atomic mass is 19.1. The number of hydrogen-bond acceptors (Lipinski definition) is 6. The zero-order chi connectivity index (χ0) is 14.9. The molecule has 0 fully saturated rings.